The summed E-state index contributed by atoms with van der Waals surface area (Å²) in [5.74, 6) is 3.62. The zero-order valence-electron chi connectivity index (χ0n) is 31.0. The van der Waals surface area contributed by atoms with Crippen LogP contribution in [0.3, 0.4) is 0 Å². The van der Waals surface area contributed by atoms with Gasteiger partial charge < -0.3 is 10.1 Å². The van der Waals surface area contributed by atoms with Gasteiger partial charge in [-0.05, 0) is 30.3 Å². The van der Waals surface area contributed by atoms with E-state index >= 15 is 0 Å². The van der Waals surface area contributed by atoms with Crippen molar-refractivity contribution in [2.45, 2.75) is 12.5 Å². The highest BCUT2D eigenvalue weighted by atomic mass is 32.1. The number of ether oxygens (including phenoxy) is 1. The predicted octanol–water partition coefficient (Wildman–Crippen LogP) is 12.6. The van der Waals surface area contributed by atoms with E-state index in [0.29, 0.717) is 18.1 Å². The molecule has 274 valence electrons. The van der Waals surface area contributed by atoms with Crippen molar-refractivity contribution in [1.82, 2.24) is 15.3 Å². The number of rotatable bonds is 6. The second-order valence-electron chi connectivity index (χ2n) is 13.8. The van der Waals surface area contributed by atoms with Gasteiger partial charge in [0, 0.05) is 71.5 Å². The summed E-state index contributed by atoms with van der Waals surface area (Å²) < 4.78 is 10.8. The Kier molecular flexibility index (Phi) is 8.97. The third-order valence-corrected chi connectivity index (χ3v) is 12.6. The van der Waals surface area contributed by atoms with Gasteiger partial charge in [0.2, 0.25) is 0 Å². The zero-order chi connectivity index (χ0) is 38.3. The van der Waals surface area contributed by atoms with Crippen LogP contribution in [0.25, 0.3) is 63.1 Å². The molecule has 1 unspecified atom stereocenters. The molecule has 0 fully saturated rings. The Bertz CT molecular complexity index is 3090. The molecular weight excluding hydrogens is 739 g/mol. The quantitative estimate of drug-likeness (QED) is 0.135. The van der Waals surface area contributed by atoms with Crippen molar-refractivity contribution in [3.8, 4) is 28.4 Å². The molecule has 1 aliphatic rings. The first-order valence-corrected chi connectivity index (χ1v) is 20.5. The Labute approximate surface area is 337 Å². The molecule has 4 heterocycles. The maximum Gasteiger partial charge on any atom is 0.161 e. The number of nitrogens with zero attached hydrogens (tertiary/aromatic N) is 4. The van der Waals surface area contributed by atoms with E-state index < -0.39 is 0 Å². The highest BCUT2D eigenvalue weighted by molar-refractivity contribution is 7.26. The second kappa shape index (κ2) is 14.7. The number of aliphatic imine (C=N–C) groups is 2. The molecule has 10 rings (SSSR count). The van der Waals surface area contributed by atoms with Gasteiger partial charge in [0.05, 0.1) is 22.0 Å². The van der Waals surface area contributed by atoms with Gasteiger partial charge in [0.25, 0.3) is 0 Å². The van der Waals surface area contributed by atoms with Gasteiger partial charge in [-0.15, -0.1) is 22.7 Å². The van der Waals surface area contributed by atoms with Crippen LogP contribution >= 0.6 is 22.7 Å². The fourth-order valence-corrected chi connectivity index (χ4v) is 10.0. The molecule has 0 saturated heterocycles. The zero-order valence-corrected chi connectivity index (χ0v) is 32.6. The summed E-state index contributed by atoms with van der Waals surface area (Å²) in [6, 6.07) is 49.9. The van der Waals surface area contributed by atoms with Crippen LogP contribution in [0.2, 0.25) is 0 Å². The Morgan fingerprint density at radius 1 is 0.754 bits per heavy atom. The summed E-state index contributed by atoms with van der Waals surface area (Å²) in [4.78, 5) is 21.7. The smallest absolute Gasteiger partial charge is 0.161 e. The van der Waals surface area contributed by atoms with Crippen molar-refractivity contribution in [3.05, 3.63) is 187 Å². The fourth-order valence-electron chi connectivity index (χ4n) is 7.70. The van der Waals surface area contributed by atoms with Crippen LogP contribution in [0.1, 0.15) is 29.2 Å². The maximum atomic E-state index is 6.30. The van der Waals surface area contributed by atoms with Crippen molar-refractivity contribution in [1.29, 1.82) is 0 Å². The summed E-state index contributed by atoms with van der Waals surface area (Å²) in [5, 5.41) is 6.66. The number of amidine groups is 2. The number of allylic oxidation sites excluding steroid dienone is 2. The van der Waals surface area contributed by atoms with E-state index in [-0.39, 0.29) is 6.04 Å². The molecule has 0 spiro atoms. The minimum Gasteiger partial charge on any atom is -0.461 e. The van der Waals surface area contributed by atoms with E-state index in [0.717, 1.165) is 86.6 Å². The summed E-state index contributed by atoms with van der Waals surface area (Å²) in [5.41, 5.74) is 6.83. The topological polar surface area (TPSA) is 71.8 Å². The Morgan fingerprint density at radius 3 is 2.30 bits per heavy atom. The normalized spacial score (nSPS) is 15.3. The van der Waals surface area contributed by atoms with Crippen molar-refractivity contribution in [3.63, 3.8) is 0 Å². The number of para-hydroxylation sites is 1. The van der Waals surface area contributed by atoms with Gasteiger partial charge in [-0.25, -0.2) is 15.0 Å². The molecule has 0 aliphatic carbocycles. The minimum absolute atomic E-state index is 0.251. The highest BCUT2D eigenvalue weighted by Crippen LogP contribution is 2.45. The highest BCUT2D eigenvalue weighted by Gasteiger charge is 2.27. The standard InChI is InChI=1S/C49H35N5OS2/c1-3-16-32-29-37(33-21-10-12-25-38(33)55-32)51-48(54-47(50-2)31-19-8-5-9-20-31)35-23-14-27-40-42(35)43-36(24-15-28-41(43)56-40)49-52-44(30-17-6-4-7-18-30)46-45(53-49)34-22-11-13-26-39(34)57-46/h3-28,37H,1,29H2,2H3,(H,50,51,54)/b32-16+. The van der Waals surface area contributed by atoms with E-state index in [9.17, 15) is 0 Å². The summed E-state index contributed by atoms with van der Waals surface area (Å²) >= 11 is 3.50. The van der Waals surface area contributed by atoms with Gasteiger partial charge in [0.1, 0.15) is 17.3 Å². The number of fused-ring (bicyclic) bond motifs is 7. The minimum atomic E-state index is -0.251. The molecule has 0 radical (unpaired) electrons. The van der Waals surface area contributed by atoms with E-state index in [1.54, 1.807) is 28.7 Å². The van der Waals surface area contributed by atoms with Crippen molar-refractivity contribution in [2.24, 2.45) is 9.98 Å². The maximum absolute atomic E-state index is 6.30. The monoisotopic (exact) mass is 773 g/mol. The van der Waals surface area contributed by atoms with Gasteiger partial charge in [0.15, 0.2) is 11.7 Å². The average molecular weight is 774 g/mol. The number of aromatic nitrogens is 2. The van der Waals surface area contributed by atoms with E-state index in [2.05, 4.69) is 115 Å². The fraction of sp³-hybridized carbons (Fsp3) is 0.0612. The Morgan fingerprint density at radius 2 is 1.47 bits per heavy atom. The van der Waals surface area contributed by atoms with E-state index in [4.69, 9.17) is 24.7 Å². The van der Waals surface area contributed by atoms with Crippen molar-refractivity contribution < 1.29 is 4.74 Å². The molecule has 1 atom stereocenters. The van der Waals surface area contributed by atoms with E-state index in [1.165, 1.54) is 4.70 Å². The number of hydrogen-bond donors (Lipinski definition) is 1. The lowest BCUT2D eigenvalue weighted by atomic mass is 9.98. The molecular formula is C49H35N5OS2. The van der Waals surface area contributed by atoms with Crippen LogP contribution in [0.15, 0.2) is 180 Å². The first kappa shape index (κ1) is 34.7. The molecule has 57 heavy (non-hydrogen) atoms. The average Bonchev–Trinajstić information content (AvgIpc) is 3.84. The predicted molar refractivity (Wildman–Crippen MR) is 240 cm³/mol. The molecule has 0 saturated carbocycles. The first-order valence-electron chi connectivity index (χ1n) is 18.8. The van der Waals surface area contributed by atoms with Gasteiger partial charge >= 0.3 is 0 Å². The van der Waals surface area contributed by atoms with Gasteiger partial charge in [-0.1, -0.05) is 134 Å². The van der Waals surface area contributed by atoms with Gasteiger partial charge in [-0.3, -0.25) is 4.99 Å². The second-order valence-corrected chi connectivity index (χ2v) is 15.9. The molecule has 9 aromatic rings. The van der Waals surface area contributed by atoms with Crippen LogP contribution in [-0.2, 0) is 0 Å². The third-order valence-electron chi connectivity index (χ3n) is 10.3. The lowest BCUT2D eigenvalue weighted by molar-refractivity contribution is 0.356. The molecule has 6 nitrogen and oxygen atoms in total. The number of hydrogen-bond acceptors (Lipinski definition) is 6. The van der Waals surface area contributed by atoms with Crippen molar-refractivity contribution in [2.75, 3.05) is 7.05 Å². The molecule has 6 aromatic carbocycles. The lowest BCUT2D eigenvalue weighted by Gasteiger charge is -2.25. The third kappa shape index (κ3) is 6.29. The Balaban J connectivity index is 1.25. The molecule has 3 aromatic heterocycles. The summed E-state index contributed by atoms with van der Waals surface area (Å²) in [6.45, 7) is 3.94. The van der Waals surface area contributed by atoms with E-state index in [1.807, 2.05) is 55.6 Å². The molecule has 0 bridgehead atoms. The molecule has 1 N–H and O–H groups in total. The first-order chi connectivity index (χ1) is 28.2. The number of nitrogens with one attached hydrogen (secondary N) is 1. The molecule has 1 aliphatic heterocycles. The van der Waals surface area contributed by atoms with Crippen LogP contribution < -0.4 is 10.1 Å². The molecule has 8 heteroatoms. The molecule has 0 amide bonds. The van der Waals surface area contributed by atoms with Crippen LogP contribution in [0.4, 0.5) is 0 Å². The number of benzene rings is 6. The van der Waals surface area contributed by atoms with Crippen LogP contribution in [0.5, 0.6) is 5.75 Å². The van der Waals surface area contributed by atoms with Gasteiger partial charge in [-0.2, -0.15) is 0 Å². The lowest BCUT2D eigenvalue weighted by Crippen LogP contribution is -2.22. The Hall–Kier alpha value is -6.74. The van der Waals surface area contributed by atoms with Crippen molar-refractivity contribution >= 4 is 74.8 Å². The SMILES string of the molecule is C=C/C=C1\CC(N=C(N=C(NC)c2ccccc2)c2cccc3sc4cccc(-c5nc(-c6ccccc6)c6sc7ccccc7c6n5)c4c23)c2ccccc2O1. The summed E-state index contributed by atoms with van der Waals surface area (Å²) in [7, 11) is 1.91. The van der Waals surface area contributed by atoms with Crippen LogP contribution in [-0.4, -0.2) is 28.7 Å². The largest absolute Gasteiger partial charge is 0.461 e. The van der Waals surface area contributed by atoms with Crippen LogP contribution in [0, 0.1) is 0 Å². The number of thiophene rings is 2. The summed E-state index contributed by atoms with van der Waals surface area (Å²) in [6.07, 6.45) is 4.25.